The van der Waals surface area contributed by atoms with Crippen molar-refractivity contribution >= 4 is 33.4 Å². The number of rotatable bonds is 3. The molecule has 0 bridgehead atoms. The third-order valence-corrected chi connectivity index (χ3v) is 5.96. The van der Waals surface area contributed by atoms with Gasteiger partial charge in [0.1, 0.15) is 5.01 Å². The van der Waals surface area contributed by atoms with Crippen LogP contribution < -0.4 is 5.32 Å². The first-order chi connectivity index (χ1) is 12.5. The van der Waals surface area contributed by atoms with E-state index in [-0.39, 0.29) is 5.91 Å². The Morgan fingerprint density at radius 3 is 2.77 bits per heavy atom. The normalized spacial score (nSPS) is 15.5. The molecular formula is C18H22N6OS. The molecule has 1 amide bonds. The summed E-state index contributed by atoms with van der Waals surface area (Å²) < 4.78 is 1.71. The number of pyridine rings is 1. The Kier molecular flexibility index (Phi) is 4.44. The summed E-state index contributed by atoms with van der Waals surface area (Å²) in [5, 5.41) is 18.2. The average Bonchev–Trinajstić information content (AvgIpc) is 3.20. The second-order valence-corrected chi connectivity index (χ2v) is 7.96. The third-order valence-electron chi connectivity index (χ3n) is 4.96. The third kappa shape index (κ3) is 3.09. The molecule has 0 saturated heterocycles. The number of aryl methyl sites for hydroxylation is 3. The summed E-state index contributed by atoms with van der Waals surface area (Å²) >= 11 is 1.49. The van der Waals surface area contributed by atoms with Gasteiger partial charge in [-0.2, -0.15) is 5.10 Å². The number of nitrogens with one attached hydrogen (secondary N) is 1. The van der Waals surface area contributed by atoms with E-state index in [2.05, 4.69) is 25.6 Å². The molecule has 7 nitrogen and oxygen atoms in total. The number of nitrogens with zero attached hydrogens (tertiary/aromatic N) is 5. The fraction of sp³-hybridized carbons (Fsp3) is 0.500. The zero-order valence-electron chi connectivity index (χ0n) is 15.2. The molecule has 1 N–H and O–H groups in total. The van der Waals surface area contributed by atoms with E-state index < -0.39 is 0 Å². The van der Waals surface area contributed by atoms with Crippen LogP contribution in [0.25, 0.3) is 11.0 Å². The van der Waals surface area contributed by atoms with Crippen LogP contribution in [0.3, 0.4) is 0 Å². The lowest BCUT2D eigenvalue weighted by Gasteiger charge is -2.18. The predicted molar refractivity (Wildman–Crippen MR) is 102 cm³/mol. The van der Waals surface area contributed by atoms with Crippen molar-refractivity contribution in [1.29, 1.82) is 0 Å². The second-order valence-electron chi connectivity index (χ2n) is 6.95. The number of amides is 1. The number of aromatic nitrogens is 5. The van der Waals surface area contributed by atoms with Crippen molar-refractivity contribution in [2.75, 3.05) is 5.32 Å². The first kappa shape index (κ1) is 17.1. The Bertz CT molecular complexity index is 970. The zero-order valence-corrected chi connectivity index (χ0v) is 16.1. The molecule has 0 radical (unpaired) electrons. The van der Waals surface area contributed by atoms with Crippen molar-refractivity contribution in [3.8, 4) is 0 Å². The number of hydrogen-bond acceptors (Lipinski definition) is 6. The molecule has 3 aromatic heterocycles. The van der Waals surface area contributed by atoms with Gasteiger partial charge in [-0.25, -0.2) is 4.98 Å². The van der Waals surface area contributed by atoms with Crippen LogP contribution in [0.15, 0.2) is 6.07 Å². The SMILES string of the molecule is Cc1cc(C(=O)Nc2nnc(C3CCCCC3)s2)c2c(C)nn(C)c2n1. The van der Waals surface area contributed by atoms with Gasteiger partial charge >= 0.3 is 0 Å². The lowest BCUT2D eigenvalue weighted by atomic mass is 9.90. The minimum absolute atomic E-state index is 0.192. The van der Waals surface area contributed by atoms with Gasteiger partial charge in [0, 0.05) is 18.7 Å². The van der Waals surface area contributed by atoms with Crippen molar-refractivity contribution in [3.05, 3.63) is 28.0 Å². The number of anilines is 1. The fourth-order valence-corrected chi connectivity index (χ4v) is 4.62. The van der Waals surface area contributed by atoms with Crippen LogP contribution >= 0.6 is 11.3 Å². The van der Waals surface area contributed by atoms with Gasteiger partial charge in [0.15, 0.2) is 5.65 Å². The fourth-order valence-electron chi connectivity index (χ4n) is 3.71. The van der Waals surface area contributed by atoms with Crippen molar-refractivity contribution < 1.29 is 4.79 Å². The van der Waals surface area contributed by atoms with E-state index in [0.29, 0.717) is 22.3 Å². The van der Waals surface area contributed by atoms with E-state index in [1.807, 2.05) is 20.9 Å². The first-order valence-electron chi connectivity index (χ1n) is 8.98. The molecule has 0 aliphatic heterocycles. The molecule has 3 heterocycles. The molecule has 136 valence electrons. The Labute approximate surface area is 155 Å². The van der Waals surface area contributed by atoms with Crippen molar-refractivity contribution in [3.63, 3.8) is 0 Å². The highest BCUT2D eigenvalue weighted by molar-refractivity contribution is 7.15. The van der Waals surface area contributed by atoms with Crippen LogP contribution in [0, 0.1) is 13.8 Å². The summed E-state index contributed by atoms with van der Waals surface area (Å²) in [6, 6.07) is 1.80. The Hall–Kier alpha value is -2.35. The second kappa shape index (κ2) is 6.75. The van der Waals surface area contributed by atoms with E-state index in [0.717, 1.165) is 21.8 Å². The highest BCUT2D eigenvalue weighted by atomic mass is 32.1. The molecule has 1 aliphatic carbocycles. The highest BCUT2D eigenvalue weighted by Gasteiger charge is 2.22. The molecule has 3 aromatic rings. The van der Waals surface area contributed by atoms with E-state index in [4.69, 9.17) is 0 Å². The molecule has 0 spiro atoms. The average molecular weight is 370 g/mol. The van der Waals surface area contributed by atoms with E-state index in [1.165, 1.54) is 43.4 Å². The van der Waals surface area contributed by atoms with E-state index >= 15 is 0 Å². The van der Waals surface area contributed by atoms with Crippen molar-refractivity contribution in [1.82, 2.24) is 25.0 Å². The van der Waals surface area contributed by atoms with Crippen molar-refractivity contribution in [2.24, 2.45) is 7.05 Å². The van der Waals surface area contributed by atoms with Crippen LogP contribution in [-0.2, 0) is 7.05 Å². The van der Waals surface area contributed by atoms with E-state index in [9.17, 15) is 4.79 Å². The minimum atomic E-state index is -0.192. The topological polar surface area (TPSA) is 85.6 Å². The van der Waals surface area contributed by atoms with Gasteiger partial charge in [-0.3, -0.25) is 14.8 Å². The largest absolute Gasteiger partial charge is 0.296 e. The molecular weight excluding hydrogens is 348 g/mol. The predicted octanol–water partition coefficient (Wildman–Crippen LogP) is 3.74. The van der Waals surface area contributed by atoms with Gasteiger partial charge in [0.05, 0.1) is 16.6 Å². The molecule has 1 aliphatic rings. The van der Waals surface area contributed by atoms with Crippen LogP contribution in [-0.4, -0.2) is 30.9 Å². The van der Waals surface area contributed by atoms with Gasteiger partial charge < -0.3 is 0 Å². The van der Waals surface area contributed by atoms with Gasteiger partial charge in [-0.1, -0.05) is 30.6 Å². The van der Waals surface area contributed by atoms with Crippen LogP contribution in [0.1, 0.15) is 64.8 Å². The molecule has 4 rings (SSSR count). The zero-order chi connectivity index (χ0) is 18.3. The molecule has 0 aromatic carbocycles. The standard InChI is InChI=1S/C18H22N6OS/c1-10-9-13(14-11(2)23-24(3)15(14)19-10)16(25)20-18-22-21-17(26-18)12-7-5-4-6-8-12/h9,12H,4-8H2,1-3H3,(H,20,22,25). The monoisotopic (exact) mass is 370 g/mol. The summed E-state index contributed by atoms with van der Waals surface area (Å²) in [4.78, 5) is 17.4. The maximum absolute atomic E-state index is 12.9. The maximum Gasteiger partial charge on any atom is 0.258 e. The number of carbonyl (C=O) groups is 1. The molecule has 8 heteroatoms. The number of carbonyl (C=O) groups excluding carboxylic acids is 1. The summed E-state index contributed by atoms with van der Waals surface area (Å²) in [6.07, 6.45) is 6.14. The molecule has 1 saturated carbocycles. The summed E-state index contributed by atoms with van der Waals surface area (Å²) in [5.74, 6) is 0.297. The number of hydrogen-bond donors (Lipinski definition) is 1. The molecule has 0 atom stereocenters. The quantitative estimate of drug-likeness (QED) is 0.759. The van der Waals surface area contributed by atoms with Gasteiger partial charge in [0.25, 0.3) is 5.91 Å². The molecule has 0 unspecified atom stereocenters. The van der Waals surface area contributed by atoms with E-state index in [1.54, 1.807) is 10.7 Å². The number of fused-ring (bicyclic) bond motifs is 1. The lowest BCUT2D eigenvalue weighted by Crippen LogP contribution is -2.13. The summed E-state index contributed by atoms with van der Waals surface area (Å²) in [6.45, 7) is 3.77. The Morgan fingerprint density at radius 2 is 2.00 bits per heavy atom. The summed E-state index contributed by atoms with van der Waals surface area (Å²) in [5.41, 5.74) is 2.87. The van der Waals surface area contributed by atoms with Gasteiger partial charge in [-0.15, -0.1) is 10.2 Å². The molecule has 1 fully saturated rings. The van der Waals surface area contributed by atoms with Crippen LogP contribution in [0.2, 0.25) is 0 Å². The smallest absolute Gasteiger partial charge is 0.258 e. The van der Waals surface area contributed by atoms with Gasteiger partial charge in [0.2, 0.25) is 5.13 Å². The van der Waals surface area contributed by atoms with Crippen molar-refractivity contribution in [2.45, 2.75) is 51.9 Å². The maximum atomic E-state index is 12.9. The minimum Gasteiger partial charge on any atom is -0.296 e. The van der Waals surface area contributed by atoms with Crippen LogP contribution in [0.4, 0.5) is 5.13 Å². The van der Waals surface area contributed by atoms with Crippen LogP contribution in [0.5, 0.6) is 0 Å². The highest BCUT2D eigenvalue weighted by Crippen LogP contribution is 2.35. The van der Waals surface area contributed by atoms with Gasteiger partial charge in [-0.05, 0) is 32.8 Å². The Morgan fingerprint density at radius 1 is 1.23 bits per heavy atom. The Balaban J connectivity index is 1.61. The lowest BCUT2D eigenvalue weighted by molar-refractivity contribution is 0.102. The molecule has 26 heavy (non-hydrogen) atoms. The summed E-state index contributed by atoms with van der Waals surface area (Å²) in [7, 11) is 1.84. The first-order valence-corrected chi connectivity index (χ1v) is 9.80.